The zero-order valence-corrected chi connectivity index (χ0v) is 8.29. The van der Waals surface area contributed by atoms with Gasteiger partial charge in [-0.1, -0.05) is 0 Å². The Labute approximate surface area is 81.3 Å². The van der Waals surface area contributed by atoms with Crippen LogP contribution in [0.25, 0.3) is 6.15 Å². The first kappa shape index (κ1) is 22.5. The smallest absolute Gasteiger partial charge is 0.693 e. The molecule has 0 rings (SSSR count). The Morgan fingerprint density at radius 2 is 1.00 bits per heavy atom. The second kappa shape index (κ2) is 16.0. The molecule has 0 aromatic heterocycles. The van der Waals surface area contributed by atoms with E-state index < -0.39 is 11.9 Å². The van der Waals surface area contributed by atoms with Crippen LogP contribution in [0.1, 0.15) is 13.8 Å². The summed E-state index contributed by atoms with van der Waals surface area (Å²) in [6.45, 7) is 2.17. The zero-order chi connectivity index (χ0) is 7.15. The predicted molar refractivity (Wildman–Crippen MR) is 31.9 cm³/mol. The summed E-state index contributed by atoms with van der Waals surface area (Å²) < 4.78 is 0. The molecular formula is C4H10NNaO4. The van der Waals surface area contributed by atoms with Gasteiger partial charge in [-0.15, -0.1) is 0 Å². The maximum absolute atomic E-state index is 9.00. The van der Waals surface area contributed by atoms with Gasteiger partial charge in [0.15, 0.2) is 0 Å². The van der Waals surface area contributed by atoms with Gasteiger partial charge in [-0.25, -0.2) is 0 Å². The van der Waals surface area contributed by atoms with Crippen molar-refractivity contribution >= 4 is 11.9 Å². The maximum atomic E-state index is 9.00. The van der Waals surface area contributed by atoms with Gasteiger partial charge in [0.2, 0.25) is 0 Å². The predicted octanol–water partition coefficient (Wildman–Crippen LogP) is -2.10. The molecule has 10 heavy (non-hydrogen) atoms. The Balaban J connectivity index is -0.0000000300. The maximum Gasteiger partial charge on any atom is 1.00 e. The fourth-order valence-corrected chi connectivity index (χ4v) is 0. The fraction of sp³-hybridized carbons (Fsp3) is 0.500. The number of nitrogens with two attached hydrogens (primary N) is 1. The minimum atomic E-state index is -0.833. The van der Waals surface area contributed by atoms with E-state index in [0.29, 0.717) is 0 Å². The van der Waals surface area contributed by atoms with E-state index in [1.807, 2.05) is 0 Å². The Morgan fingerprint density at radius 1 is 1.00 bits per heavy atom. The summed E-state index contributed by atoms with van der Waals surface area (Å²) >= 11 is 0. The van der Waals surface area contributed by atoms with E-state index in [1.54, 1.807) is 0 Å². The minimum Gasteiger partial charge on any atom is -0.693 e. The summed E-state index contributed by atoms with van der Waals surface area (Å²) in [7, 11) is 0. The van der Waals surface area contributed by atoms with Gasteiger partial charge in [0.25, 0.3) is 11.9 Å². The first-order valence-corrected chi connectivity index (χ1v) is 1.86. The van der Waals surface area contributed by atoms with Gasteiger partial charge in [-0.3, -0.25) is 9.59 Å². The summed E-state index contributed by atoms with van der Waals surface area (Å²) in [6.07, 6.45) is 0. The molecule has 0 fully saturated rings. The van der Waals surface area contributed by atoms with Crippen molar-refractivity contribution in [3.05, 3.63) is 6.15 Å². The molecule has 4 N–H and O–H groups in total. The summed E-state index contributed by atoms with van der Waals surface area (Å²) in [4.78, 5) is 18.0. The Hall–Kier alpha value is -0.100. The van der Waals surface area contributed by atoms with E-state index in [0.717, 1.165) is 13.8 Å². The van der Waals surface area contributed by atoms with Gasteiger partial charge >= 0.3 is 29.6 Å². The third kappa shape index (κ3) is 37600. The number of carboxylic acid groups (broad SMARTS) is 2. The molecule has 0 saturated heterocycles. The Morgan fingerprint density at radius 3 is 1.00 bits per heavy atom. The second-order valence-electron chi connectivity index (χ2n) is 1.04. The molecule has 0 heterocycles. The minimum absolute atomic E-state index is 0. The van der Waals surface area contributed by atoms with Gasteiger partial charge < -0.3 is 16.4 Å². The number of hydrogen-bond acceptors (Lipinski definition) is 2. The molecule has 0 aliphatic rings. The third-order valence-corrected chi connectivity index (χ3v) is 0. The number of carboxylic acids is 2. The van der Waals surface area contributed by atoms with Crippen LogP contribution in [0.3, 0.4) is 0 Å². The number of carbonyl (C=O) groups is 2. The van der Waals surface area contributed by atoms with Gasteiger partial charge in [-0.2, -0.15) is 0 Å². The monoisotopic (exact) mass is 159 g/mol. The van der Waals surface area contributed by atoms with Crippen LogP contribution in [-0.4, -0.2) is 22.2 Å². The van der Waals surface area contributed by atoms with Crippen molar-refractivity contribution in [3.8, 4) is 0 Å². The Kier molecular flexibility index (Phi) is 35.9. The Bertz CT molecular complexity index is 75.3. The normalized spacial score (nSPS) is 5.00. The van der Waals surface area contributed by atoms with Crippen LogP contribution < -0.4 is 29.6 Å². The molecule has 0 radical (unpaired) electrons. The molecule has 0 aromatic carbocycles. The average molecular weight is 159 g/mol. The van der Waals surface area contributed by atoms with Crippen LogP contribution in [0.5, 0.6) is 0 Å². The van der Waals surface area contributed by atoms with Crippen LogP contribution in [0.2, 0.25) is 0 Å². The molecule has 0 aromatic rings. The SMILES string of the molecule is CC(=O)O.CC(=O)O.[NH2-].[Na+]. The van der Waals surface area contributed by atoms with Crippen LogP contribution >= 0.6 is 0 Å². The number of hydrogen-bond donors (Lipinski definition) is 2. The first-order valence-electron chi connectivity index (χ1n) is 1.86. The van der Waals surface area contributed by atoms with Crippen LogP contribution in [-0.2, 0) is 9.59 Å². The summed E-state index contributed by atoms with van der Waals surface area (Å²) in [5, 5.41) is 14.8. The standard InChI is InChI=1S/2C2H4O2.H2N.Na/c2*1-2(3)4;;/h2*1H3,(H,3,4);1H2;/q;;-1;+1. The van der Waals surface area contributed by atoms with E-state index >= 15 is 0 Å². The molecule has 0 bridgehead atoms. The van der Waals surface area contributed by atoms with Crippen molar-refractivity contribution in [1.82, 2.24) is 0 Å². The number of rotatable bonds is 0. The van der Waals surface area contributed by atoms with Crippen LogP contribution in [0.15, 0.2) is 0 Å². The van der Waals surface area contributed by atoms with Crippen molar-refractivity contribution < 1.29 is 49.4 Å². The van der Waals surface area contributed by atoms with Gasteiger partial charge in [0.05, 0.1) is 0 Å². The quantitative estimate of drug-likeness (QED) is 0.395. The summed E-state index contributed by atoms with van der Waals surface area (Å²) in [5.41, 5.74) is 0. The van der Waals surface area contributed by atoms with Crippen molar-refractivity contribution in [2.24, 2.45) is 0 Å². The van der Waals surface area contributed by atoms with Crippen molar-refractivity contribution in [3.63, 3.8) is 0 Å². The molecule has 0 amide bonds. The zero-order valence-electron chi connectivity index (χ0n) is 6.29. The molecule has 6 heteroatoms. The largest absolute Gasteiger partial charge is 1.00 e. The van der Waals surface area contributed by atoms with Crippen LogP contribution in [0, 0.1) is 0 Å². The van der Waals surface area contributed by atoms with E-state index in [4.69, 9.17) is 19.8 Å². The molecule has 56 valence electrons. The molecule has 0 aliphatic carbocycles. The average Bonchev–Trinajstić information content (AvgIpc) is 1.25. The van der Waals surface area contributed by atoms with Crippen LogP contribution in [0.4, 0.5) is 0 Å². The van der Waals surface area contributed by atoms with Crippen molar-refractivity contribution in [2.45, 2.75) is 13.8 Å². The fourth-order valence-electron chi connectivity index (χ4n) is 0. The van der Waals surface area contributed by atoms with E-state index in [2.05, 4.69) is 0 Å². The molecule has 5 nitrogen and oxygen atoms in total. The summed E-state index contributed by atoms with van der Waals surface area (Å²) in [5.74, 6) is -1.67. The van der Waals surface area contributed by atoms with Gasteiger partial charge in [0, 0.05) is 13.8 Å². The number of aliphatic carboxylic acids is 2. The molecule has 0 spiro atoms. The topological polar surface area (TPSA) is 108 Å². The second-order valence-corrected chi connectivity index (χ2v) is 1.04. The van der Waals surface area contributed by atoms with Gasteiger partial charge in [-0.05, 0) is 0 Å². The molecule has 0 saturated carbocycles. The molecule has 0 aliphatic heterocycles. The van der Waals surface area contributed by atoms with E-state index in [-0.39, 0.29) is 35.7 Å². The van der Waals surface area contributed by atoms with Crippen molar-refractivity contribution in [1.29, 1.82) is 0 Å². The van der Waals surface area contributed by atoms with E-state index in [9.17, 15) is 0 Å². The molecule has 0 unspecified atom stereocenters. The summed E-state index contributed by atoms with van der Waals surface area (Å²) in [6, 6.07) is 0. The first-order chi connectivity index (χ1) is 3.46. The molecular weight excluding hydrogens is 149 g/mol. The molecule has 0 atom stereocenters. The van der Waals surface area contributed by atoms with E-state index in [1.165, 1.54) is 0 Å². The third-order valence-electron chi connectivity index (χ3n) is 0. The van der Waals surface area contributed by atoms with Gasteiger partial charge in [0.1, 0.15) is 0 Å². The van der Waals surface area contributed by atoms with Crippen molar-refractivity contribution in [2.75, 3.05) is 0 Å².